The number of sulfonamides is 1. The lowest BCUT2D eigenvalue weighted by Gasteiger charge is -2.15. The van der Waals surface area contributed by atoms with Gasteiger partial charge in [0.05, 0.1) is 16.8 Å². The Balaban J connectivity index is 2.20. The summed E-state index contributed by atoms with van der Waals surface area (Å²) >= 11 is 5.75. The van der Waals surface area contributed by atoms with E-state index in [-0.39, 0.29) is 10.6 Å². The Bertz CT molecular complexity index is 709. The third-order valence-corrected chi connectivity index (χ3v) is 3.72. The molecule has 1 aliphatic heterocycles. The quantitative estimate of drug-likeness (QED) is 0.870. The molecule has 0 aromatic heterocycles. The van der Waals surface area contributed by atoms with E-state index in [1.54, 1.807) is 18.2 Å². The summed E-state index contributed by atoms with van der Waals surface area (Å²) in [4.78, 5) is 0.0418. The highest BCUT2D eigenvalue weighted by atomic mass is 35.5. The maximum absolute atomic E-state index is 11.8. The smallest absolute Gasteiger partial charge is 0.284 e. The van der Waals surface area contributed by atoms with Gasteiger partial charge in [0.1, 0.15) is 0 Å². The molecule has 0 bridgehead atoms. The Morgan fingerprint density at radius 3 is 2.65 bits per heavy atom. The number of rotatable bonds is 3. The molecule has 20 heavy (non-hydrogen) atoms. The monoisotopic (exact) mass is 311 g/mol. The number of hydrogen-bond acceptors (Lipinski definition) is 5. The molecule has 0 radical (unpaired) electrons. The van der Waals surface area contributed by atoms with Crippen molar-refractivity contribution in [3.8, 4) is 0 Å². The van der Waals surface area contributed by atoms with Crippen LogP contribution in [0.4, 0.5) is 0 Å². The zero-order chi connectivity index (χ0) is 14.6. The molecule has 0 spiro atoms. The van der Waals surface area contributed by atoms with E-state index in [1.165, 1.54) is 30.5 Å². The molecule has 0 aliphatic carbocycles. The molecule has 2 rings (SSSR count). The molecule has 6 nitrogen and oxygen atoms in total. The van der Waals surface area contributed by atoms with Gasteiger partial charge in [0, 0.05) is 11.2 Å². The molecular formula is C12H10ClN3O3S. The second-order valence-electron chi connectivity index (χ2n) is 3.73. The molecule has 0 saturated heterocycles. The molecule has 1 aliphatic rings. The molecule has 0 atom stereocenters. The van der Waals surface area contributed by atoms with Gasteiger partial charge in [0.25, 0.3) is 10.0 Å². The van der Waals surface area contributed by atoms with E-state index in [0.717, 1.165) is 11.3 Å². The Kier molecular flexibility index (Phi) is 4.33. The van der Waals surface area contributed by atoms with Gasteiger partial charge in [-0.3, -0.25) is 5.21 Å². The number of allylic oxidation sites excluding steroid dienone is 3. The second-order valence-corrected chi connectivity index (χ2v) is 5.75. The second kappa shape index (κ2) is 6.00. The van der Waals surface area contributed by atoms with Gasteiger partial charge in [-0.1, -0.05) is 34.3 Å². The Morgan fingerprint density at radius 2 is 1.95 bits per heavy atom. The van der Waals surface area contributed by atoms with Crippen molar-refractivity contribution in [2.75, 3.05) is 0 Å². The summed E-state index contributed by atoms with van der Waals surface area (Å²) in [5.74, 6) is 0. The van der Waals surface area contributed by atoms with Gasteiger partial charge >= 0.3 is 0 Å². The molecule has 1 aromatic carbocycles. The number of nitrogens with zero attached hydrogens (tertiary/aromatic N) is 3. The van der Waals surface area contributed by atoms with Gasteiger partial charge in [-0.2, -0.15) is 8.42 Å². The standard InChI is InChI=1S/C12H10ClN3O3S/c13-10-6-7-16(17)11(8-10)9-14-15-20(18,19)12-4-2-1-3-5-12/h1-9,17H. The fourth-order valence-electron chi connectivity index (χ4n) is 1.36. The van der Waals surface area contributed by atoms with Crippen LogP contribution in [0.2, 0.25) is 0 Å². The van der Waals surface area contributed by atoms with Gasteiger partial charge in [-0.05, 0) is 24.3 Å². The first-order valence-electron chi connectivity index (χ1n) is 5.45. The first kappa shape index (κ1) is 14.4. The molecule has 1 heterocycles. The molecule has 0 amide bonds. The van der Waals surface area contributed by atoms with Crippen LogP contribution in [0.1, 0.15) is 0 Å². The minimum Gasteiger partial charge on any atom is -0.284 e. The van der Waals surface area contributed by atoms with Crippen molar-refractivity contribution >= 4 is 21.6 Å². The van der Waals surface area contributed by atoms with E-state index in [4.69, 9.17) is 11.6 Å². The third kappa shape index (κ3) is 3.53. The van der Waals surface area contributed by atoms with Crippen LogP contribution >= 0.6 is 11.6 Å². The van der Waals surface area contributed by atoms with E-state index < -0.39 is 10.0 Å². The summed E-state index contributed by atoms with van der Waals surface area (Å²) in [5, 5.41) is 14.0. The fraction of sp³-hybridized carbons (Fsp3) is 0. The molecule has 8 heteroatoms. The Labute approximate surface area is 121 Å². The van der Waals surface area contributed by atoms with Crippen molar-refractivity contribution in [3.63, 3.8) is 0 Å². The van der Waals surface area contributed by atoms with E-state index in [0.29, 0.717) is 5.03 Å². The van der Waals surface area contributed by atoms with Crippen molar-refractivity contribution < 1.29 is 13.6 Å². The summed E-state index contributed by atoms with van der Waals surface area (Å²) in [6.07, 6.45) is 5.27. The first-order chi connectivity index (χ1) is 9.49. The Hall–Kier alpha value is -1.96. The summed E-state index contributed by atoms with van der Waals surface area (Å²) in [6.45, 7) is 0. The first-order valence-corrected chi connectivity index (χ1v) is 7.27. The van der Waals surface area contributed by atoms with E-state index in [2.05, 4.69) is 9.63 Å². The topological polar surface area (TPSA) is 82.3 Å². The van der Waals surface area contributed by atoms with Crippen molar-refractivity contribution in [2.24, 2.45) is 9.63 Å². The van der Waals surface area contributed by atoms with Crippen LogP contribution in [0, 0.1) is 0 Å². The van der Waals surface area contributed by atoms with E-state index >= 15 is 0 Å². The van der Waals surface area contributed by atoms with Crippen molar-refractivity contribution in [1.82, 2.24) is 5.06 Å². The number of hydroxylamine groups is 2. The average Bonchev–Trinajstić information content (AvgIpc) is 2.43. The summed E-state index contributed by atoms with van der Waals surface area (Å²) in [5.41, 5.74) is 0.199. The Morgan fingerprint density at radius 1 is 1.25 bits per heavy atom. The van der Waals surface area contributed by atoms with Gasteiger partial charge in [0.2, 0.25) is 0 Å². The largest absolute Gasteiger partial charge is 0.299 e. The average molecular weight is 312 g/mol. The predicted molar refractivity (Wildman–Crippen MR) is 73.3 cm³/mol. The van der Waals surface area contributed by atoms with Gasteiger partial charge in [-0.25, -0.2) is 5.06 Å². The maximum atomic E-state index is 11.8. The maximum Gasteiger partial charge on any atom is 0.299 e. The molecule has 0 unspecified atom stereocenters. The number of halogens is 1. The van der Waals surface area contributed by atoms with E-state index in [1.807, 2.05) is 0 Å². The van der Waals surface area contributed by atoms with Crippen molar-refractivity contribution in [1.29, 1.82) is 0 Å². The molecular weight excluding hydrogens is 302 g/mol. The lowest BCUT2D eigenvalue weighted by Crippen LogP contribution is -2.11. The third-order valence-electron chi connectivity index (χ3n) is 2.31. The highest BCUT2D eigenvalue weighted by Gasteiger charge is 2.11. The SMILES string of the molecule is O=S(=O)(N=NC=C1C=C(Cl)C=CN1O)c1ccccc1. The molecule has 0 fully saturated rings. The van der Waals surface area contributed by atoms with Gasteiger partial charge in [0.15, 0.2) is 0 Å². The van der Waals surface area contributed by atoms with Crippen LogP contribution < -0.4 is 0 Å². The normalized spacial score (nSPS) is 17.8. The molecule has 1 aromatic rings. The lowest BCUT2D eigenvalue weighted by molar-refractivity contribution is -0.000627. The van der Waals surface area contributed by atoms with Crippen molar-refractivity contribution in [2.45, 2.75) is 4.90 Å². The van der Waals surface area contributed by atoms with Crippen LogP contribution in [0.3, 0.4) is 0 Å². The molecule has 0 saturated carbocycles. The lowest BCUT2D eigenvalue weighted by atomic mass is 10.3. The highest BCUT2D eigenvalue weighted by Crippen LogP contribution is 2.18. The number of hydrogen-bond donors (Lipinski definition) is 1. The van der Waals surface area contributed by atoms with E-state index in [9.17, 15) is 13.6 Å². The summed E-state index contributed by atoms with van der Waals surface area (Å²) < 4.78 is 26.9. The van der Waals surface area contributed by atoms with Crippen LogP contribution in [0.15, 0.2) is 80.1 Å². The van der Waals surface area contributed by atoms with Crippen LogP contribution in [-0.2, 0) is 10.0 Å². The summed E-state index contributed by atoms with van der Waals surface area (Å²) in [7, 11) is -3.85. The summed E-state index contributed by atoms with van der Waals surface area (Å²) in [6, 6.07) is 7.71. The van der Waals surface area contributed by atoms with Crippen LogP contribution in [-0.4, -0.2) is 18.7 Å². The minimum atomic E-state index is -3.85. The minimum absolute atomic E-state index is 0.0418. The van der Waals surface area contributed by atoms with Gasteiger partial charge < -0.3 is 0 Å². The molecule has 104 valence electrons. The van der Waals surface area contributed by atoms with Crippen molar-refractivity contribution in [3.05, 3.63) is 65.6 Å². The zero-order valence-electron chi connectivity index (χ0n) is 10.1. The highest BCUT2D eigenvalue weighted by molar-refractivity contribution is 7.90. The number of benzene rings is 1. The fourth-order valence-corrected chi connectivity index (χ4v) is 2.30. The zero-order valence-corrected chi connectivity index (χ0v) is 11.7. The molecule has 1 N–H and O–H groups in total. The van der Waals surface area contributed by atoms with Crippen LogP contribution in [0.25, 0.3) is 0 Å². The van der Waals surface area contributed by atoms with Gasteiger partial charge in [-0.15, -0.1) is 5.11 Å². The predicted octanol–water partition coefficient (Wildman–Crippen LogP) is 3.01. The van der Waals surface area contributed by atoms with Crippen LogP contribution in [0.5, 0.6) is 0 Å².